The van der Waals surface area contributed by atoms with Crippen molar-refractivity contribution in [1.29, 1.82) is 0 Å². The minimum Gasteiger partial charge on any atom is -0.496 e. The van der Waals surface area contributed by atoms with Gasteiger partial charge in [0.1, 0.15) is 11.3 Å². The quantitative estimate of drug-likeness (QED) is 0.670. The lowest BCUT2D eigenvalue weighted by Gasteiger charge is -2.11. The number of aromatic carboxylic acids is 1. The van der Waals surface area contributed by atoms with Gasteiger partial charge in [-0.15, -0.1) is 0 Å². The van der Waals surface area contributed by atoms with E-state index in [2.05, 4.69) is 10.6 Å². The number of rotatable bonds is 7. The van der Waals surface area contributed by atoms with Gasteiger partial charge in [0.15, 0.2) is 0 Å². The minimum atomic E-state index is -1.15. The predicted molar refractivity (Wildman–Crippen MR) is 76.8 cm³/mol. The SMILES string of the molecule is CCCNCC(=O)Nc1cc(OC)c(C(=O)O)cc1Cl. The largest absolute Gasteiger partial charge is 0.496 e. The second-order valence-electron chi connectivity index (χ2n) is 4.06. The highest BCUT2D eigenvalue weighted by atomic mass is 35.5. The smallest absolute Gasteiger partial charge is 0.339 e. The lowest BCUT2D eigenvalue weighted by Crippen LogP contribution is -2.28. The number of anilines is 1. The highest BCUT2D eigenvalue weighted by molar-refractivity contribution is 6.34. The molecular weight excluding hydrogens is 284 g/mol. The van der Waals surface area contributed by atoms with Crippen molar-refractivity contribution in [2.75, 3.05) is 25.5 Å². The molecule has 0 unspecified atom stereocenters. The van der Waals surface area contributed by atoms with Crippen LogP contribution in [0.3, 0.4) is 0 Å². The summed E-state index contributed by atoms with van der Waals surface area (Å²) < 4.78 is 4.98. The van der Waals surface area contributed by atoms with Crippen molar-refractivity contribution < 1.29 is 19.4 Å². The molecule has 7 heteroatoms. The molecule has 0 spiro atoms. The molecule has 0 fully saturated rings. The Labute approximate surface area is 122 Å². The number of halogens is 1. The molecule has 0 saturated heterocycles. The number of carbonyl (C=O) groups excluding carboxylic acids is 1. The van der Waals surface area contributed by atoms with Crippen molar-refractivity contribution in [2.45, 2.75) is 13.3 Å². The number of benzene rings is 1. The van der Waals surface area contributed by atoms with Crippen LogP contribution in [-0.2, 0) is 4.79 Å². The summed E-state index contributed by atoms with van der Waals surface area (Å²) in [6.45, 7) is 2.90. The summed E-state index contributed by atoms with van der Waals surface area (Å²) in [5, 5.41) is 14.7. The van der Waals surface area contributed by atoms with Gasteiger partial charge >= 0.3 is 5.97 Å². The number of amides is 1. The molecule has 1 amide bonds. The van der Waals surface area contributed by atoms with Crippen LogP contribution < -0.4 is 15.4 Å². The molecule has 1 aromatic carbocycles. The maximum absolute atomic E-state index is 11.7. The Balaban J connectivity index is 2.85. The number of hydrogen-bond donors (Lipinski definition) is 3. The maximum atomic E-state index is 11.7. The molecule has 1 aromatic rings. The van der Waals surface area contributed by atoms with Crippen LogP contribution in [0.15, 0.2) is 12.1 Å². The normalized spacial score (nSPS) is 10.2. The van der Waals surface area contributed by atoms with Gasteiger partial charge in [0.05, 0.1) is 24.4 Å². The lowest BCUT2D eigenvalue weighted by atomic mass is 10.1. The third-order valence-corrected chi connectivity index (χ3v) is 2.82. The van der Waals surface area contributed by atoms with Crippen LogP contribution in [-0.4, -0.2) is 37.2 Å². The van der Waals surface area contributed by atoms with Crippen LogP contribution in [0.2, 0.25) is 5.02 Å². The van der Waals surface area contributed by atoms with Crippen LogP contribution in [0.4, 0.5) is 5.69 Å². The number of carboxylic acids is 1. The Morgan fingerprint density at radius 2 is 2.10 bits per heavy atom. The van der Waals surface area contributed by atoms with Gasteiger partial charge in [-0.25, -0.2) is 4.79 Å². The van der Waals surface area contributed by atoms with Gasteiger partial charge in [0.2, 0.25) is 5.91 Å². The summed E-state index contributed by atoms with van der Waals surface area (Å²) in [5.74, 6) is -1.27. The first-order valence-electron chi connectivity index (χ1n) is 6.11. The van der Waals surface area contributed by atoms with E-state index in [4.69, 9.17) is 21.4 Å². The maximum Gasteiger partial charge on any atom is 0.339 e. The first kappa shape index (κ1) is 16.3. The van der Waals surface area contributed by atoms with Crippen molar-refractivity contribution in [3.8, 4) is 5.75 Å². The zero-order valence-electron chi connectivity index (χ0n) is 11.3. The molecule has 0 aliphatic rings. The number of hydrogen-bond acceptors (Lipinski definition) is 4. The van der Waals surface area contributed by atoms with Crippen molar-refractivity contribution in [3.63, 3.8) is 0 Å². The molecule has 0 bridgehead atoms. The standard InChI is InChI=1S/C13H17ClN2O4/c1-3-4-15-7-12(17)16-10-6-11(20-2)8(13(18)19)5-9(10)14/h5-6,15H,3-4,7H2,1-2H3,(H,16,17)(H,18,19). The average molecular weight is 301 g/mol. The molecule has 0 aromatic heterocycles. The van der Waals surface area contributed by atoms with Gasteiger partial charge in [-0.2, -0.15) is 0 Å². The molecule has 0 saturated carbocycles. The molecule has 0 aliphatic heterocycles. The fourth-order valence-corrected chi connectivity index (χ4v) is 1.77. The van der Waals surface area contributed by atoms with E-state index in [1.165, 1.54) is 19.2 Å². The Kier molecular flexibility index (Phi) is 6.27. The highest BCUT2D eigenvalue weighted by Crippen LogP contribution is 2.30. The summed E-state index contributed by atoms with van der Waals surface area (Å²) >= 11 is 5.95. The Hall–Kier alpha value is -1.79. The van der Waals surface area contributed by atoms with Crippen molar-refractivity contribution in [1.82, 2.24) is 5.32 Å². The molecule has 20 heavy (non-hydrogen) atoms. The van der Waals surface area contributed by atoms with Gasteiger partial charge < -0.3 is 20.5 Å². The number of methoxy groups -OCH3 is 1. The number of carboxylic acid groups (broad SMARTS) is 1. The second-order valence-corrected chi connectivity index (χ2v) is 4.47. The summed E-state index contributed by atoms with van der Waals surface area (Å²) in [4.78, 5) is 22.7. The van der Waals surface area contributed by atoms with E-state index in [0.717, 1.165) is 13.0 Å². The zero-order chi connectivity index (χ0) is 15.1. The van der Waals surface area contributed by atoms with Crippen LogP contribution >= 0.6 is 11.6 Å². The molecule has 1 rings (SSSR count). The van der Waals surface area contributed by atoms with Gasteiger partial charge in [0.25, 0.3) is 0 Å². The van der Waals surface area contributed by atoms with Gasteiger partial charge in [0, 0.05) is 6.07 Å². The van der Waals surface area contributed by atoms with Crippen molar-refractivity contribution in [2.24, 2.45) is 0 Å². The van der Waals surface area contributed by atoms with E-state index >= 15 is 0 Å². The Bertz CT molecular complexity index is 505. The monoisotopic (exact) mass is 300 g/mol. The molecule has 110 valence electrons. The van der Waals surface area contributed by atoms with E-state index < -0.39 is 5.97 Å². The molecule has 0 aliphatic carbocycles. The summed E-state index contributed by atoms with van der Waals surface area (Å²) in [5.41, 5.74) is 0.261. The van der Waals surface area contributed by atoms with E-state index in [1.54, 1.807) is 0 Å². The van der Waals surface area contributed by atoms with E-state index in [1.807, 2.05) is 6.92 Å². The average Bonchev–Trinajstić information content (AvgIpc) is 2.40. The first-order valence-corrected chi connectivity index (χ1v) is 6.48. The molecule has 6 nitrogen and oxygen atoms in total. The fourth-order valence-electron chi connectivity index (χ4n) is 1.56. The number of nitrogens with one attached hydrogen (secondary N) is 2. The fraction of sp³-hybridized carbons (Fsp3) is 0.385. The lowest BCUT2D eigenvalue weighted by molar-refractivity contribution is -0.115. The zero-order valence-corrected chi connectivity index (χ0v) is 12.1. The van der Waals surface area contributed by atoms with Gasteiger partial charge in [-0.3, -0.25) is 4.79 Å². The number of ether oxygens (including phenoxy) is 1. The third-order valence-electron chi connectivity index (χ3n) is 2.51. The minimum absolute atomic E-state index is 0.0559. The summed E-state index contributed by atoms with van der Waals surface area (Å²) in [7, 11) is 1.35. The van der Waals surface area contributed by atoms with Crippen LogP contribution in [0, 0.1) is 0 Å². The predicted octanol–water partition coefficient (Wildman–Crippen LogP) is 1.98. The van der Waals surface area contributed by atoms with Crippen molar-refractivity contribution in [3.05, 3.63) is 22.7 Å². The molecular formula is C13H17ClN2O4. The van der Waals surface area contributed by atoms with Crippen LogP contribution in [0.1, 0.15) is 23.7 Å². The highest BCUT2D eigenvalue weighted by Gasteiger charge is 2.16. The van der Waals surface area contributed by atoms with E-state index in [9.17, 15) is 9.59 Å². The van der Waals surface area contributed by atoms with E-state index in [0.29, 0.717) is 5.69 Å². The molecule has 0 radical (unpaired) electrons. The first-order chi connectivity index (χ1) is 9.49. The molecule has 3 N–H and O–H groups in total. The van der Waals surface area contributed by atoms with Crippen LogP contribution in [0.25, 0.3) is 0 Å². The van der Waals surface area contributed by atoms with Gasteiger partial charge in [-0.05, 0) is 19.0 Å². The summed E-state index contributed by atoms with van der Waals surface area (Å²) in [6, 6.07) is 2.64. The molecule has 0 atom stereocenters. The van der Waals surface area contributed by atoms with Gasteiger partial charge in [-0.1, -0.05) is 18.5 Å². The van der Waals surface area contributed by atoms with Crippen LogP contribution in [0.5, 0.6) is 5.75 Å². The Morgan fingerprint density at radius 3 is 2.65 bits per heavy atom. The number of carbonyl (C=O) groups is 2. The molecule has 0 heterocycles. The third kappa shape index (κ3) is 4.40. The topological polar surface area (TPSA) is 87.7 Å². The van der Waals surface area contributed by atoms with E-state index in [-0.39, 0.29) is 28.8 Å². The van der Waals surface area contributed by atoms with Crippen molar-refractivity contribution >= 4 is 29.2 Å². The second kappa shape index (κ2) is 7.72. The summed E-state index contributed by atoms with van der Waals surface area (Å²) in [6.07, 6.45) is 0.926. The Morgan fingerprint density at radius 1 is 1.40 bits per heavy atom.